The van der Waals surface area contributed by atoms with Gasteiger partial charge in [-0.3, -0.25) is 9.69 Å². The fraction of sp³-hybridized carbons (Fsp3) is 0.333. The lowest BCUT2D eigenvalue weighted by molar-refractivity contribution is -0.116. The number of fused-ring (bicyclic) bond motifs is 1. The Morgan fingerprint density at radius 3 is 2.58 bits per heavy atom. The van der Waals surface area contributed by atoms with Crippen LogP contribution in [0.5, 0.6) is 0 Å². The van der Waals surface area contributed by atoms with Crippen molar-refractivity contribution in [2.24, 2.45) is 5.14 Å². The molecule has 10 heteroatoms. The summed E-state index contributed by atoms with van der Waals surface area (Å²) in [5.74, 6) is -0.154. The molecule has 31 heavy (non-hydrogen) atoms. The van der Waals surface area contributed by atoms with Crippen LogP contribution < -0.4 is 10.5 Å². The maximum absolute atomic E-state index is 12.3. The van der Waals surface area contributed by atoms with Crippen LogP contribution in [0, 0.1) is 0 Å². The van der Waals surface area contributed by atoms with E-state index in [1.165, 1.54) is 12.1 Å². The second kappa shape index (κ2) is 9.15. The van der Waals surface area contributed by atoms with Crippen LogP contribution in [0.3, 0.4) is 0 Å². The number of nitrogens with two attached hydrogens (primary N) is 1. The number of hydrogen-bond donors (Lipinski definition) is 2. The van der Waals surface area contributed by atoms with E-state index in [1.54, 1.807) is 12.1 Å². The van der Waals surface area contributed by atoms with E-state index in [1.807, 2.05) is 28.8 Å². The topological polar surface area (TPSA) is 113 Å². The van der Waals surface area contributed by atoms with Crippen LogP contribution in [0.1, 0.15) is 12.1 Å². The van der Waals surface area contributed by atoms with Crippen molar-refractivity contribution in [1.82, 2.24) is 19.2 Å². The summed E-state index contributed by atoms with van der Waals surface area (Å²) in [7, 11) is -3.80. The fourth-order valence-corrected chi connectivity index (χ4v) is 4.26. The summed E-state index contributed by atoms with van der Waals surface area (Å²) in [6.07, 6.45) is 4.41. The van der Waals surface area contributed by atoms with Crippen molar-refractivity contribution in [2.45, 2.75) is 17.9 Å². The molecular weight excluding hydrogens is 416 g/mol. The van der Waals surface area contributed by atoms with Gasteiger partial charge in [0, 0.05) is 63.8 Å². The molecule has 0 bridgehead atoms. The number of anilines is 1. The molecule has 3 N–H and O–H groups in total. The fourth-order valence-electron chi connectivity index (χ4n) is 3.70. The van der Waals surface area contributed by atoms with Crippen molar-refractivity contribution in [1.29, 1.82) is 0 Å². The first-order valence-corrected chi connectivity index (χ1v) is 11.7. The molecule has 4 rings (SSSR count). The lowest BCUT2D eigenvalue weighted by Gasteiger charge is -2.34. The molecule has 0 spiro atoms. The van der Waals surface area contributed by atoms with E-state index in [9.17, 15) is 13.2 Å². The lowest BCUT2D eigenvalue weighted by atomic mass is 10.2. The lowest BCUT2D eigenvalue weighted by Crippen LogP contribution is -2.46. The third-order valence-electron chi connectivity index (χ3n) is 5.37. The van der Waals surface area contributed by atoms with Crippen LogP contribution in [0.2, 0.25) is 0 Å². The normalized spacial score (nSPS) is 15.9. The zero-order valence-corrected chi connectivity index (χ0v) is 18.0. The molecule has 1 amide bonds. The Bertz CT molecular complexity index is 1140. The first-order chi connectivity index (χ1) is 14.9. The molecule has 1 saturated heterocycles. The zero-order chi connectivity index (χ0) is 21.8. The molecule has 0 aliphatic carbocycles. The molecular formula is C21H26N6O3S. The van der Waals surface area contributed by atoms with E-state index in [-0.39, 0.29) is 10.8 Å². The van der Waals surface area contributed by atoms with Crippen molar-refractivity contribution >= 4 is 27.3 Å². The highest BCUT2D eigenvalue weighted by atomic mass is 32.2. The molecule has 2 aromatic heterocycles. The van der Waals surface area contributed by atoms with Gasteiger partial charge in [-0.2, -0.15) is 0 Å². The second-order valence-corrected chi connectivity index (χ2v) is 9.25. The van der Waals surface area contributed by atoms with Gasteiger partial charge in [0.15, 0.2) is 0 Å². The SMILES string of the molecule is NS(=O)(=O)c1cccc(NC(=O)CCN2CCN(Cc3cn4ccccc4n3)CC2)c1. The number of rotatable bonds is 7. The number of pyridine rings is 1. The minimum Gasteiger partial charge on any atom is -0.326 e. The van der Waals surface area contributed by atoms with Gasteiger partial charge in [-0.1, -0.05) is 12.1 Å². The number of nitrogens with one attached hydrogen (secondary N) is 1. The largest absolute Gasteiger partial charge is 0.326 e. The Balaban J connectivity index is 1.21. The number of nitrogens with zero attached hydrogens (tertiary/aromatic N) is 4. The molecule has 0 radical (unpaired) electrons. The quantitative estimate of drug-likeness (QED) is 0.567. The van der Waals surface area contributed by atoms with Crippen LogP contribution in [-0.2, 0) is 21.4 Å². The highest BCUT2D eigenvalue weighted by Gasteiger charge is 2.19. The number of primary sulfonamides is 1. The van der Waals surface area contributed by atoms with Crippen LogP contribution in [0.15, 0.2) is 59.8 Å². The highest BCUT2D eigenvalue weighted by molar-refractivity contribution is 7.89. The van der Waals surface area contributed by atoms with Crippen LogP contribution in [0.4, 0.5) is 5.69 Å². The van der Waals surface area contributed by atoms with E-state index in [4.69, 9.17) is 5.14 Å². The van der Waals surface area contributed by atoms with Crippen molar-refractivity contribution in [2.75, 3.05) is 38.0 Å². The number of carbonyl (C=O) groups is 1. The smallest absolute Gasteiger partial charge is 0.238 e. The number of hydrogen-bond acceptors (Lipinski definition) is 6. The minimum absolute atomic E-state index is 0.0213. The van der Waals surface area contributed by atoms with Gasteiger partial charge in [-0.05, 0) is 30.3 Å². The summed E-state index contributed by atoms with van der Waals surface area (Å²) in [5.41, 5.74) is 2.44. The van der Waals surface area contributed by atoms with E-state index < -0.39 is 10.0 Å². The molecule has 9 nitrogen and oxygen atoms in total. The molecule has 3 aromatic rings. The Kier molecular flexibility index (Phi) is 6.33. The number of sulfonamides is 1. The van der Waals surface area contributed by atoms with E-state index in [2.05, 4.69) is 26.3 Å². The maximum Gasteiger partial charge on any atom is 0.238 e. The van der Waals surface area contributed by atoms with Gasteiger partial charge in [-0.25, -0.2) is 18.5 Å². The van der Waals surface area contributed by atoms with E-state index in [0.717, 1.165) is 44.1 Å². The maximum atomic E-state index is 12.3. The average Bonchev–Trinajstić information content (AvgIpc) is 3.15. The molecule has 1 aromatic carbocycles. The summed E-state index contributed by atoms with van der Waals surface area (Å²) in [6, 6.07) is 11.9. The summed E-state index contributed by atoms with van der Waals surface area (Å²) in [4.78, 5) is 21.5. The average molecular weight is 443 g/mol. The monoisotopic (exact) mass is 442 g/mol. The number of benzene rings is 1. The summed E-state index contributed by atoms with van der Waals surface area (Å²) < 4.78 is 24.9. The predicted molar refractivity (Wildman–Crippen MR) is 118 cm³/mol. The van der Waals surface area contributed by atoms with E-state index >= 15 is 0 Å². The van der Waals surface area contributed by atoms with Crippen LogP contribution >= 0.6 is 0 Å². The molecule has 164 valence electrons. The van der Waals surface area contributed by atoms with Crippen molar-refractivity contribution < 1.29 is 13.2 Å². The van der Waals surface area contributed by atoms with Gasteiger partial charge >= 0.3 is 0 Å². The van der Waals surface area contributed by atoms with Crippen LogP contribution in [-0.4, -0.2) is 66.2 Å². The van der Waals surface area contributed by atoms with Gasteiger partial charge in [0.1, 0.15) is 5.65 Å². The highest BCUT2D eigenvalue weighted by Crippen LogP contribution is 2.15. The molecule has 1 fully saturated rings. The number of aromatic nitrogens is 2. The molecule has 1 aliphatic rings. The minimum atomic E-state index is -3.80. The summed E-state index contributed by atoms with van der Waals surface area (Å²) in [5, 5.41) is 7.88. The first kappa shape index (κ1) is 21.4. The molecule has 0 saturated carbocycles. The third kappa shape index (κ3) is 5.67. The Labute approximate surface area is 181 Å². The van der Waals surface area contributed by atoms with Crippen molar-refractivity contribution in [3.63, 3.8) is 0 Å². The van der Waals surface area contributed by atoms with Crippen molar-refractivity contribution in [3.05, 3.63) is 60.6 Å². The molecule has 1 aliphatic heterocycles. The van der Waals surface area contributed by atoms with Gasteiger partial charge in [0.05, 0.1) is 10.6 Å². The summed E-state index contributed by atoms with van der Waals surface area (Å²) >= 11 is 0. The number of carbonyl (C=O) groups excluding carboxylic acids is 1. The summed E-state index contributed by atoms with van der Waals surface area (Å²) in [6.45, 7) is 5.10. The predicted octanol–water partition coefficient (Wildman–Crippen LogP) is 1.13. The number of imidazole rings is 1. The van der Waals surface area contributed by atoms with Gasteiger partial charge in [0.2, 0.25) is 15.9 Å². The molecule has 3 heterocycles. The third-order valence-corrected chi connectivity index (χ3v) is 6.28. The zero-order valence-electron chi connectivity index (χ0n) is 17.1. The molecule has 0 atom stereocenters. The van der Waals surface area contributed by atoms with Crippen LogP contribution in [0.25, 0.3) is 5.65 Å². The van der Waals surface area contributed by atoms with E-state index in [0.29, 0.717) is 18.7 Å². The first-order valence-electron chi connectivity index (χ1n) is 10.2. The second-order valence-electron chi connectivity index (χ2n) is 7.69. The van der Waals surface area contributed by atoms with Crippen molar-refractivity contribution in [3.8, 4) is 0 Å². The van der Waals surface area contributed by atoms with Gasteiger partial charge in [0.25, 0.3) is 0 Å². The number of piperazine rings is 1. The Hall–Kier alpha value is -2.79. The number of amides is 1. The molecule has 0 unspecified atom stereocenters. The Morgan fingerprint density at radius 2 is 1.84 bits per heavy atom. The Morgan fingerprint density at radius 1 is 1.06 bits per heavy atom. The van der Waals surface area contributed by atoms with Gasteiger partial charge in [-0.15, -0.1) is 0 Å². The van der Waals surface area contributed by atoms with Gasteiger partial charge < -0.3 is 14.6 Å². The standard InChI is InChI=1S/C21H26N6O3S/c22-31(29,30)19-5-3-4-17(14-19)24-21(28)7-9-25-10-12-26(13-11-25)15-18-16-27-8-2-1-6-20(27)23-18/h1-6,8,14,16H,7,9-13,15H2,(H,24,28)(H2,22,29,30).